The van der Waals surface area contributed by atoms with Crippen molar-refractivity contribution >= 4 is 41.5 Å². The van der Waals surface area contributed by atoms with Crippen molar-refractivity contribution in [3.8, 4) is 11.3 Å². The first-order valence-corrected chi connectivity index (χ1v) is 19.3. The van der Waals surface area contributed by atoms with Gasteiger partial charge in [-0.05, 0) is 88.7 Å². The zero-order valence-corrected chi connectivity index (χ0v) is 27.5. The molecule has 5 rings (SSSR count). The molecule has 0 amide bonds. The van der Waals surface area contributed by atoms with Gasteiger partial charge in [-0.25, -0.2) is 0 Å². The molecule has 0 aliphatic heterocycles. The van der Waals surface area contributed by atoms with Crippen LogP contribution < -0.4 is 10.9 Å². The highest BCUT2D eigenvalue weighted by atomic mass is 28.3. The normalized spacial score (nSPS) is 17.8. The number of carbonyl (C=O) groups excluding carboxylic acids is 1. The van der Waals surface area contributed by atoms with Crippen molar-refractivity contribution in [1.82, 2.24) is 4.57 Å². The average molecular weight is 603 g/mol. The summed E-state index contributed by atoms with van der Waals surface area (Å²) in [6.07, 6.45) is 6.29. The van der Waals surface area contributed by atoms with E-state index in [0.29, 0.717) is 30.4 Å². The van der Waals surface area contributed by atoms with E-state index in [1.807, 2.05) is 69.4 Å². The Morgan fingerprint density at radius 2 is 1.77 bits per heavy atom. The lowest BCUT2D eigenvalue weighted by Gasteiger charge is -2.30. The van der Waals surface area contributed by atoms with Crippen molar-refractivity contribution in [3.63, 3.8) is 0 Å². The molecule has 2 heterocycles. The number of pyridine rings is 1. The summed E-state index contributed by atoms with van der Waals surface area (Å²) in [4.78, 5) is 25.9. The molecular formula is C35H46N2O5Si. The number of hydrogen-bond donors (Lipinski definition) is 1. The van der Waals surface area contributed by atoms with Gasteiger partial charge in [0, 0.05) is 60.7 Å². The van der Waals surface area contributed by atoms with E-state index in [1.165, 1.54) is 0 Å². The first kappa shape index (κ1) is 31.1. The SMILES string of the molecule is CC(C)(C)OC(=O)CC1CCC(Nc2ccc3c(=O)n(COCC[Si](C)(C)C)cc(-c4cc5ccccc5o4)c3c2)CC1. The molecule has 0 saturated heterocycles. The van der Waals surface area contributed by atoms with E-state index in [1.54, 1.807) is 4.57 Å². The number of fused-ring (bicyclic) bond motifs is 2. The Morgan fingerprint density at radius 1 is 1.02 bits per heavy atom. The van der Waals surface area contributed by atoms with Crippen molar-refractivity contribution in [2.45, 2.75) is 96.9 Å². The van der Waals surface area contributed by atoms with Gasteiger partial charge in [-0.2, -0.15) is 0 Å². The second-order valence-electron chi connectivity index (χ2n) is 14.2. The molecule has 1 aliphatic carbocycles. The first-order chi connectivity index (χ1) is 20.3. The Labute approximate surface area is 255 Å². The summed E-state index contributed by atoms with van der Waals surface area (Å²) in [7, 11) is -1.24. The van der Waals surface area contributed by atoms with Crippen LogP contribution in [-0.4, -0.2) is 36.9 Å². The number of esters is 1. The summed E-state index contributed by atoms with van der Waals surface area (Å²) in [5, 5.41) is 6.21. The lowest BCUT2D eigenvalue weighted by Crippen LogP contribution is -2.29. The van der Waals surface area contributed by atoms with Crippen LogP contribution in [0.3, 0.4) is 0 Å². The summed E-state index contributed by atoms with van der Waals surface area (Å²) in [6.45, 7) is 13.5. The fraction of sp³-hybridized carbons (Fsp3) is 0.486. The van der Waals surface area contributed by atoms with Gasteiger partial charge in [0.2, 0.25) is 0 Å². The number of hydrogen-bond acceptors (Lipinski definition) is 6. The van der Waals surface area contributed by atoms with Gasteiger partial charge in [0.05, 0.1) is 0 Å². The highest BCUT2D eigenvalue weighted by Gasteiger charge is 2.26. The maximum atomic E-state index is 13.6. The Morgan fingerprint density at radius 3 is 2.47 bits per heavy atom. The number of rotatable bonds is 10. The van der Waals surface area contributed by atoms with Crippen LogP contribution in [0.15, 0.2) is 63.9 Å². The Hall–Kier alpha value is -3.36. The molecule has 2 aromatic carbocycles. The van der Waals surface area contributed by atoms with Crippen molar-refractivity contribution in [2.24, 2.45) is 5.92 Å². The number of ether oxygens (including phenoxy) is 2. The van der Waals surface area contributed by atoms with Crippen LogP contribution in [-0.2, 0) is 21.0 Å². The van der Waals surface area contributed by atoms with Gasteiger partial charge in [-0.15, -0.1) is 0 Å². The zero-order chi connectivity index (χ0) is 30.8. The average Bonchev–Trinajstić information content (AvgIpc) is 3.36. The van der Waals surface area contributed by atoms with Gasteiger partial charge in [-0.3, -0.25) is 14.2 Å². The maximum absolute atomic E-state index is 13.6. The summed E-state index contributed by atoms with van der Waals surface area (Å²) in [5.74, 6) is 0.973. The Bertz CT molecular complexity index is 1600. The first-order valence-electron chi connectivity index (χ1n) is 15.6. The van der Waals surface area contributed by atoms with E-state index in [9.17, 15) is 9.59 Å². The molecule has 1 fully saturated rings. The molecule has 1 N–H and O–H groups in total. The minimum absolute atomic E-state index is 0.0722. The van der Waals surface area contributed by atoms with E-state index in [2.05, 4.69) is 31.0 Å². The summed E-state index contributed by atoms with van der Waals surface area (Å²) >= 11 is 0. The Kier molecular flexibility index (Phi) is 9.18. The molecule has 7 nitrogen and oxygen atoms in total. The zero-order valence-electron chi connectivity index (χ0n) is 26.5. The quantitative estimate of drug-likeness (QED) is 0.111. The molecule has 230 valence electrons. The molecule has 0 radical (unpaired) electrons. The molecule has 43 heavy (non-hydrogen) atoms. The number of aromatic nitrogens is 1. The third-order valence-electron chi connectivity index (χ3n) is 8.10. The third-order valence-corrected chi connectivity index (χ3v) is 9.80. The largest absolute Gasteiger partial charge is 0.460 e. The number of benzene rings is 2. The molecule has 8 heteroatoms. The monoisotopic (exact) mass is 602 g/mol. The van der Waals surface area contributed by atoms with Crippen LogP contribution in [0.4, 0.5) is 5.69 Å². The molecular weight excluding hydrogens is 556 g/mol. The van der Waals surface area contributed by atoms with E-state index in [-0.39, 0.29) is 18.3 Å². The lowest BCUT2D eigenvalue weighted by molar-refractivity contribution is -0.156. The second kappa shape index (κ2) is 12.7. The minimum atomic E-state index is -1.24. The second-order valence-corrected chi connectivity index (χ2v) is 19.8. The van der Waals surface area contributed by atoms with Gasteiger partial charge in [-0.1, -0.05) is 37.8 Å². The Balaban J connectivity index is 1.37. The van der Waals surface area contributed by atoms with Crippen LogP contribution in [0.2, 0.25) is 25.7 Å². The predicted octanol–water partition coefficient (Wildman–Crippen LogP) is 8.43. The highest BCUT2D eigenvalue weighted by molar-refractivity contribution is 6.76. The third kappa shape index (κ3) is 8.18. The van der Waals surface area contributed by atoms with E-state index in [4.69, 9.17) is 13.9 Å². The van der Waals surface area contributed by atoms with Crippen molar-refractivity contribution < 1.29 is 18.7 Å². The maximum Gasteiger partial charge on any atom is 0.306 e. The molecule has 0 spiro atoms. The molecule has 4 aromatic rings. The van der Waals surface area contributed by atoms with Crippen molar-refractivity contribution in [2.75, 3.05) is 11.9 Å². The smallest absolute Gasteiger partial charge is 0.306 e. The van der Waals surface area contributed by atoms with E-state index >= 15 is 0 Å². The van der Waals surface area contributed by atoms with Gasteiger partial charge in [0.25, 0.3) is 5.56 Å². The lowest BCUT2D eigenvalue weighted by atomic mass is 9.84. The fourth-order valence-electron chi connectivity index (χ4n) is 5.80. The molecule has 0 bridgehead atoms. The van der Waals surface area contributed by atoms with Crippen molar-refractivity contribution in [1.29, 1.82) is 0 Å². The number of nitrogens with one attached hydrogen (secondary N) is 1. The van der Waals surface area contributed by atoms with Crippen LogP contribution in [0.25, 0.3) is 33.1 Å². The number of anilines is 1. The number of para-hydroxylation sites is 1. The van der Waals surface area contributed by atoms with E-state index < -0.39 is 13.7 Å². The minimum Gasteiger partial charge on any atom is -0.460 e. The van der Waals surface area contributed by atoms with Crippen LogP contribution >= 0.6 is 0 Å². The van der Waals surface area contributed by atoms with Crippen molar-refractivity contribution in [3.05, 3.63) is 65.1 Å². The van der Waals surface area contributed by atoms with E-state index in [0.717, 1.165) is 65.1 Å². The summed E-state index contributed by atoms with van der Waals surface area (Å²) in [5.41, 5.74) is 2.13. The molecule has 1 saturated carbocycles. The van der Waals surface area contributed by atoms with Gasteiger partial charge in [0.15, 0.2) is 0 Å². The molecule has 0 atom stereocenters. The summed E-state index contributed by atoms with van der Waals surface area (Å²) < 4.78 is 19.5. The van der Waals surface area contributed by atoms with Gasteiger partial charge < -0.3 is 19.2 Å². The number of carbonyl (C=O) groups is 1. The standard InChI is InChI=1S/C35H46N2O5Si/c1-35(2,3)42-33(38)19-24-11-13-26(14-12-24)36-27-15-16-28-29(21-27)30(32-20-25-9-7-8-10-31(25)41-32)22-37(34(28)39)23-40-17-18-43(4,5)6/h7-10,15-16,20-22,24,26,36H,11-14,17-19,23H2,1-6H3. The highest BCUT2D eigenvalue weighted by Crippen LogP contribution is 2.35. The topological polar surface area (TPSA) is 82.7 Å². The van der Waals surface area contributed by atoms with Crippen LogP contribution in [0.5, 0.6) is 0 Å². The molecule has 0 unspecified atom stereocenters. The molecule has 1 aliphatic rings. The van der Waals surface area contributed by atoms with Gasteiger partial charge >= 0.3 is 5.97 Å². The fourth-order valence-corrected chi connectivity index (χ4v) is 6.55. The molecule has 2 aromatic heterocycles. The summed E-state index contributed by atoms with van der Waals surface area (Å²) in [6, 6.07) is 17.3. The number of nitrogens with zero attached hydrogens (tertiary/aromatic N) is 1. The van der Waals surface area contributed by atoms with Gasteiger partial charge in [0.1, 0.15) is 23.7 Å². The number of furan rings is 1. The predicted molar refractivity (Wildman–Crippen MR) is 177 cm³/mol. The van der Waals surface area contributed by atoms with Crippen LogP contribution in [0, 0.1) is 5.92 Å². The van der Waals surface area contributed by atoms with Crippen LogP contribution in [0.1, 0.15) is 52.9 Å².